The fraction of sp³-hybridized carbons (Fsp3) is 0.526. The van der Waals surface area contributed by atoms with E-state index in [2.05, 4.69) is 5.16 Å². The molecule has 0 radical (unpaired) electrons. The second kappa shape index (κ2) is 6.84. The number of rotatable bonds is 4. The van der Waals surface area contributed by atoms with Crippen LogP contribution in [-0.4, -0.2) is 51.0 Å². The topological polar surface area (TPSA) is 100 Å². The molecule has 0 spiro atoms. The molecule has 0 aliphatic carbocycles. The number of amides is 2. The summed E-state index contributed by atoms with van der Waals surface area (Å²) in [5, 5.41) is 13.1. The fourth-order valence-electron chi connectivity index (χ4n) is 4.05. The molecule has 2 aromatic heterocycles. The number of carbonyl (C=O) groups excluding carboxylic acids is 2. The third-order valence-corrected chi connectivity index (χ3v) is 5.62. The average Bonchev–Trinajstić information content (AvgIpc) is 3.15. The van der Waals surface area contributed by atoms with E-state index in [4.69, 9.17) is 14.0 Å². The first-order chi connectivity index (χ1) is 13.0. The highest BCUT2D eigenvalue weighted by Gasteiger charge is 2.42. The van der Waals surface area contributed by atoms with Gasteiger partial charge >= 0.3 is 0 Å². The van der Waals surface area contributed by atoms with Crippen LogP contribution in [0.25, 0.3) is 0 Å². The monoisotopic (exact) mass is 373 g/mol. The van der Waals surface area contributed by atoms with Crippen molar-refractivity contribution < 1.29 is 23.6 Å². The van der Waals surface area contributed by atoms with E-state index in [0.717, 1.165) is 29.9 Å². The fourth-order valence-corrected chi connectivity index (χ4v) is 4.05. The number of carbonyl (C=O) groups is 2. The largest absolute Gasteiger partial charge is 0.453 e. The summed E-state index contributed by atoms with van der Waals surface area (Å²) in [6, 6.07) is 3.12. The number of fused-ring (bicyclic) bond motifs is 4. The lowest BCUT2D eigenvalue weighted by Gasteiger charge is -2.35. The number of piperidine rings is 1. The quantitative estimate of drug-likeness (QED) is 0.875. The third kappa shape index (κ3) is 3.14. The van der Waals surface area contributed by atoms with E-state index in [0.29, 0.717) is 25.4 Å². The van der Waals surface area contributed by atoms with Crippen molar-refractivity contribution >= 4 is 11.8 Å². The van der Waals surface area contributed by atoms with Gasteiger partial charge in [0.25, 0.3) is 5.91 Å². The number of aromatic nitrogens is 1. The summed E-state index contributed by atoms with van der Waals surface area (Å²) in [6.45, 7) is 4.79. The van der Waals surface area contributed by atoms with Crippen molar-refractivity contribution in [1.82, 2.24) is 15.0 Å². The molecule has 8 nitrogen and oxygen atoms in total. The maximum atomic E-state index is 13.0. The van der Waals surface area contributed by atoms with Gasteiger partial charge in [0.05, 0.1) is 18.2 Å². The van der Waals surface area contributed by atoms with Gasteiger partial charge in [-0.15, -0.1) is 0 Å². The molecule has 3 saturated heterocycles. The van der Waals surface area contributed by atoms with E-state index < -0.39 is 0 Å². The summed E-state index contributed by atoms with van der Waals surface area (Å²) < 4.78 is 10.6. The minimum Gasteiger partial charge on any atom is -0.453 e. The number of aryl methyl sites for hydroxylation is 2. The molecular weight excluding hydrogens is 350 g/mol. The van der Waals surface area contributed by atoms with Gasteiger partial charge in [-0.05, 0) is 38.8 Å². The number of aliphatic hydroxyl groups is 1. The Morgan fingerprint density at radius 2 is 2.11 bits per heavy atom. The second-order valence-corrected chi connectivity index (χ2v) is 7.33. The number of nitrogens with zero attached hydrogens (tertiary/aromatic N) is 3. The molecule has 2 amide bonds. The lowest BCUT2D eigenvalue weighted by atomic mass is 9.93. The number of hydrogen-bond donors (Lipinski definition) is 1. The molecule has 5 heterocycles. The highest BCUT2D eigenvalue weighted by atomic mass is 16.5. The molecule has 8 heteroatoms. The van der Waals surface area contributed by atoms with Crippen molar-refractivity contribution in [3.8, 4) is 0 Å². The minimum atomic E-state index is -0.248. The Bertz CT molecular complexity index is 851. The molecule has 27 heavy (non-hydrogen) atoms. The summed E-state index contributed by atoms with van der Waals surface area (Å²) in [5.74, 6) is 0.911. The first-order valence-electron chi connectivity index (χ1n) is 9.19. The van der Waals surface area contributed by atoms with Gasteiger partial charge in [0, 0.05) is 24.7 Å². The Morgan fingerprint density at radius 3 is 2.78 bits per heavy atom. The van der Waals surface area contributed by atoms with Crippen LogP contribution in [0.2, 0.25) is 0 Å². The molecule has 2 bridgehead atoms. The Morgan fingerprint density at radius 1 is 1.30 bits per heavy atom. The summed E-state index contributed by atoms with van der Waals surface area (Å²) in [7, 11) is 0. The SMILES string of the molecule is Cc1noc(C)c1CN1C(=O)[C@H]2CC[C@@H]1CN(C(=O)c1ccc(CO)o1)C2. The Labute approximate surface area is 156 Å². The van der Waals surface area contributed by atoms with Crippen molar-refractivity contribution in [2.75, 3.05) is 13.1 Å². The van der Waals surface area contributed by atoms with Gasteiger partial charge in [-0.1, -0.05) is 5.16 Å². The van der Waals surface area contributed by atoms with E-state index >= 15 is 0 Å². The molecule has 1 N–H and O–H groups in total. The van der Waals surface area contributed by atoms with Crippen LogP contribution in [0, 0.1) is 19.8 Å². The highest BCUT2D eigenvalue weighted by molar-refractivity contribution is 5.92. The Kier molecular flexibility index (Phi) is 4.51. The standard InChI is InChI=1S/C19H23N3O5/c1-11-16(12(2)27-20-11)9-22-14-4-3-13(18(22)24)7-21(8-14)19(25)17-6-5-15(10-23)26-17/h5-6,13-14,23H,3-4,7-10H2,1-2H3/t13-,14+/m0/s1. The first kappa shape index (κ1) is 17.8. The zero-order valence-corrected chi connectivity index (χ0v) is 15.5. The summed E-state index contributed by atoms with van der Waals surface area (Å²) in [4.78, 5) is 29.4. The van der Waals surface area contributed by atoms with Crippen molar-refractivity contribution in [2.45, 2.75) is 45.9 Å². The normalized spacial score (nSPS) is 22.4. The van der Waals surface area contributed by atoms with Crippen LogP contribution in [0.3, 0.4) is 0 Å². The van der Waals surface area contributed by atoms with Gasteiger partial charge in [-0.25, -0.2) is 0 Å². The van der Waals surface area contributed by atoms with Crippen LogP contribution < -0.4 is 0 Å². The van der Waals surface area contributed by atoms with Crippen molar-refractivity contribution in [3.63, 3.8) is 0 Å². The number of aliphatic hydroxyl groups excluding tert-OH is 1. The smallest absolute Gasteiger partial charge is 0.289 e. The van der Waals surface area contributed by atoms with Gasteiger partial charge in [0.2, 0.25) is 5.91 Å². The van der Waals surface area contributed by atoms with E-state index in [-0.39, 0.29) is 36.1 Å². The molecule has 2 aromatic rings. The van der Waals surface area contributed by atoms with Crippen LogP contribution in [0.1, 0.15) is 46.2 Å². The van der Waals surface area contributed by atoms with E-state index in [1.807, 2.05) is 18.7 Å². The minimum absolute atomic E-state index is 0.0406. The predicted octanol–water partition coefficient (Wildman–Crippen LogP) is 1.64. The zero-order valence-electron chi connectivity index (χ0n) is 15.5. The average molecular weight is 373 g/mol. The van der Waals surface area contributed by atoms with Crippen LogP contribution in [-0.2, 0) is 17.9 Å². The summed E-state index contributed by atoms with van der Waals surface area (Å²) >= 11 is 0. The van der Waals surface area contributed by atoms with Gasteiger partial charge in [0.15, 0.2) is 5.76 Å². The van der Waals surface area contributed by atoms with Crippen molar-refractivity contribution in [1.29, 1.82) is 0 Å². The lowest BCUT2D eigenvalue weighted by molar-refractivity contribution is -0.140. The molecule has 3 fully saturated rings. The summed E-state index contributed by atoms with van der Waals surface area (Å²) in [5.41, 5.74) is 1.73. The molecule has 0 saturated carbocycles. The van der Waals surface area contributed by atoms with Crippen molar-refractivity contribution in [3.05, 3.63) is 40.7 Å². The van der Waals surface area contributed by atoms with E-state index in [1.165, 1.54) is 0 Å². The summed E-state index contributed by atoms with van der Waals surface area (Å²) in [6.07, 6.45) is 1.65. The Hall–Kier alpha value is -2.61. The molecular formula is C19H23N3O5. The van der Waals surface area contributed by atoms with Crippen LogP contribution in [0.15, 0.2) is 21.1 Å². The lowest BCUT2D eigenvalue weighted by Crippen LogP contribution is -2.47. The molecule has 144 valence electrons. The molecule has 3 aliphatic rings. The zero-order chi connectivity index (χ0) is 19.1. The predicted molar refractivity (Wildman–Crippen MR) is 93.6 cm³/mol. The third-order valence-electron chi connectivity index (χ3n) is 5.62. The van der Waals surface area contributed by atoms with Crippen LogP contribution >= 0.6 is 0 Å². The highest BCUT2D eigenvalue weighted by Crippen LogP contribution is 2.32. The molecule has 0 unspecified atom stereocenters. The van der Waals surface area contributed by atoms with Gasteiger partial charge in [0.1, 0.15) is 18.1 Å². The van der Waals surface area contributed by atoms with Gasteiger partial charge < -0.3 is 23.8 Å². The molecule has 3 aliphatic heterocycles. The van der Waals surface area contributed by atoms with E-state index in [9.17, 15) is 9.59 Å². The van der Waals surface area contributed by atoms with Crippen LogP contribution in [0.4, 0.5) is 0 Å². The van der Waals surface area contributed by atoms with Crippen molar-refractivity contribution in [2.24, 2.45) is 5.92 Å². The second-order valence-electron chi connectivity index (χ2n) is 7.33. The van der Waals surface area contributed by atoms with Crippen LogP contribution in [0.5, 0.6) is 0 Å². The number of hydrogen-bond acceptors (Lipinski definition) is 6. The number of furan rings is 1. The molecule has 2 atom stereocenters. The first-order valence-corrected chi connectivity index (χ1v) is 9.19. The molecule has 5 rings (SSSR count). The van der Waals surface area contributed by atoms with Gasteiger partial charge in [-0.2, -0.15) is 0 Å². The molecule has 0 aromatic carbocycles. The maximum Gasteiger partial charge on any atom is 0.289 e. The maximum absolute atomic E-state index is 13.0. The van der Waals surface area contributed by atoms with E-state index in [1.54, 1.807) is 17.0 Å². The van der Waals surface area contributed by atoms with Gasteiger partial charge in [-0.3, -0.25) is 9.59 Å². The Balaban J connectivity index is 1.56.